The van der Waals surface area contributed by atoms with Crippen molar-refractivity contribution >= 4 is 5.82 Å². The van der Waals surface area contributed by atoms with Crippen molar-refractivity contribution in [1.29, 1.82) is 0 Å². The summed E-state index contributed by atoms with van der Waals surface area (Å²) < 4.78 is 5.63. The standard InChI is InChI=1S/C15H25N3O/c1-11-12(2)17-13(3)18-15(11)16-9-5-4-7-14-8-6-10-19-14/h14H,4-10H2,1-3H3,(H,16,17,18)/t14-/m1/s1. The number of aryl methyl sites for hydroxylation is 2. The maximum absolute atomic E-state index is 5.63. The third kappa shape index (κ3) is 4.16. The summed E-state index contributed by atoms with van der Waals surface area (Å²) in [7, 11) is 0. The Morgan fingerprint density at radius 2 is 2.05 bits per heavy atom. The van der Waals surface area contributed by atoms with E-state index in [1.165, 1.54) is 32.1 Å². The van der Waals surface area contributed by atoms with Gasteiger partial charge in [0.05, 0.1) is 6.10 Å². The molecule has 1 aromatic rings. The van der Waals surface area contributed by atoms with Crippen LogP contribution >= 0.6 is 0 Å². The lowest BCUT2D eigenvalue weighted by atomic mass is 10.1. The fraction of sp³-hybridized carbons (Fsp3) is 0.733. The van der Waals surface area contributed by atoms with E-state index >= 15 is 0 Å². The van der Waals surface area contributed by atoms with Crippen molar-refractivity contribution in [3.63, 3.8) is 0 Å². The van der Waals surface area contributed by atoms with Crippen molar-refractivity contribution in [2.45, 2.75) is 59.0 Å². The predicted molar refractivity (Wildman–Crippen MR) is 77.6 cm³/mol. The molecular formula is C15H25N3O. The number of aromatic nitrogens is 2. The molecule has 106 valence electrons. The molecule has 1 aliphatic heterocycles. The Bertz CT molecular complexity index is 414. The van der Waals surface area contributed by atoms with Gasteiger partial charge in [-0.2, -0.15) is 0 Å². The second-order valence-corrected chi connectivity index (χ2v) is 5.39. The lowest BCUT2D eigenvalue weighted by Crippen LogP contribution is -2.10. The van der Waals surface area contributed by atoms with Crippen LogP contribution < -0.4 is 5.32 Å². The molecule has 0 spiro atoms. The summed E-state index contributed by atoms with van der Waals surface area (Å²) in [5.74, 6) is 1.83. The first-order valence-corrected chi connectivity index (χ1v) is 7.34. The number of unbranched alkanes of at least 4 members (excludes halogenated alkanes) is 1. The second kappa shape index (κ2) is 6.85. The van der Waals surface area contributed by atoms with Crippen molar-refractivity contribution in [3.8, 4) is 0 Å². The van der Waals surface area contributed by atoms with Crippen molar-refractivity contribution in [2.24, 2.45) is 0 Å². The first-order valence-electron chi connectivity index (χ1n) is 7.34. The van der Waals surface area contributed by atoms with Crippen molar-refractivity contribution in [3.05, 3.63) is 17.1 Å². The summed E-state index contributed by atoms with van der Waals surface area (Å²) in [5.41, 5.74) is 2.22. The molecule has 1 N–H and O–H groups in total. The summed E-state index contributed by atoms with van der Waals surface area (Å²) in [5, 5.41) is 3.43. The molecule has 1 aliphatic rings. The molecule has 0 aromatic carbocycles. The van der Waals surface area contributed by atoms with Gasteiger partial charge >= 0.3 is 0 Å². The van der Waals surface area contributed by atoms with E-state index in [4.69, 9.17) is 4.74 Å². The van der Waals surface area contributed by atoms with E-state index in [9.17, 15) is 0 Å². The molecule has 4 heteroatoms. The molecule has 1 saturated heterocycles. The zero-order valence-corrected chi connectivity index (χ0v) is 12.3. The van der Waals surface area contributed by atoms with Gasteiger partial charge in [0.15, 0.2) is 0 Å². The average molecular weight is 263 g/mol. The lowest BCUT2D eigenvalue weighted by molar-refractivity contribution is 0.102. The quantitative estimate of drug-likeness (QED) is 0.801. The highest BCUT2D eigenvalue weighted by atomic mass is 16.5. The summed E-state index contributed by atoms with van der Waals surface area (Å²) in [6.45, 7) is 7.98. The minimum Gasteiger partial charge on any atom is -0.378 e. The molecule has 1 aromatic heterocycles. The lowest BCUT2D eigenvalue weighted by Gasteiger charge is -2.12. The minimum absolute atomic E-state index is 0.519. The van der Waals surface area contributed by atoms with Crippen LogP contribution in [0, 0.1) is 20.8 Å². The number of nitrogens with zero attached hydrogens (tertiary/aromatic N) is 2. The summed E-state index contributed by atoms with van der Waals surface area (Å²) >= 11 is 0. The highest BCUT2D eigenvalue weighted by Crippen LogP contribution is 2.18. The second-order valence-electron chi connectivity index (χ2n) is 5.39. The zero-order valence-electron chi connectivity index (χ0n) is 12.3. The van der Waals surface area contributed by atoms with Crippen LogP contribution in [0.4, 0.5) is 5.82 Å². The fourth-order valence-corrected chi connectivity index (χ4v) is 2.52. The third-order valence-electron chi connectivity index (χ3n) is 3.77. The van der Waals surface area contributed by atoms with Gasteiger partial charge in [0.25, 0.3) is 0 Å². The van der Waals surface area contributed by atoms with Crippen molar-refractivity contribution < 1.29 is 4.74 Å². The maximum atomic E-state index is 5.63. The van der Waals surface area contributed by atoms with E-state index in [1.807, 2.05) is 13.8 Å². The number of hydrogen-bond acceptors (Lipinski definition) is 4. The average Bonchev–Trinajstić information content (AvgIpc) is 2.87. The van der Waals surface area contributed by atoms with Crippen LogP contribution in [0.3, 0.4) is 0 Å². The molecule has 0 radical (unpaired) electrons. The number of hydrogen-bond donors (Lipinski definition) is 1. The highest BCUT2D eigenvalue weighted by molar-refractivity contribution is 5.45. The summed E-state index contributed by atoms with van der Waals surface area (Å²) in [4.78, 5) is 8.82. The number of anilines is 1. The van der Waals surface area contributed by atoms with E-state index in [2.05, 4.69) is 22.2 Å². The monoisotopic (exact) mass is 263 g/mol. The molecule has 19 heavy (non-hydrogen) atoms. The Morgan fingerprint density at radius 3 is 2.79 bits per heavy atom. The molecule has 0 bridgehead atoms. The Kier molecular flexibility index (Phi) is 5.14. The van der Waals surface area contributed by atoms with Crippen LogP contribution in [0.15, 0.2) is 0 Å². The topological polar surface area (TPSA) is 47.0 Å². The molecule has 0 saturated carbocycles. The van der Waals surface area contributed by atoms with Crippen LogP contribution in [-0.4, -0.2) is 29.2 Å². The van der Waals surface area contributed by atoms with Crippen LogP contribution in [-0.2, 0) is 4.74 Å². The molecule has 1 fully saturated rings. The first-order chi connectivity index (χ1) is 9.16. The van der Waals surface area contributed by atoms with E-state index < -0.39 is 0 Å². The van der Waals surface area contributed by atoms with Gasteiger partial charge in [-0.05, 0) is 52.9 Å². The third-order valence-corrected chi connectivity index (χ3v) is 3.77. The van der Waals surface area contributed by atoms with Crippen LogP contribution in [0.25, 0.3) is 0 Å². The van der Waals surface area contributed by atoms with Crippen LogP contribution in [0.5, 0.6) is 0 Å². The molecule has 4 nitrogen and oxygen atoms in total. The maximum Gasteiger partial charge on any atom is 0.132 e. The SMILES string of the molecule is Cc1nc(C)c(C)c(NCCCC[C@@H]2CCCO2)n1. The molecule has 1 atom stereocenters. The molecular weight excluding hydrogens is 238 g/mol. The summed E-state index contributed by atoms with van der Waals surface area (Å²) in [6.07, 6.45) is 6.59. The smallest absolute Gasteiger partial charge is 0.132 e. The van der Waals surface area contributed by atoms with E-state index in [-0.39, 0.29) is 0 Å². The Morgan fingerprint density at radius 1 is 1.21 bits per heavy atom. The van der Waals surface area contributed by atoms with E-state index in [1.54, 1.807) is 0 Å². The molecule has 0 amide bonds. The van der Waals surface area contributed by atoms with E-state index in [0.29, 0.717) is 6.10 Å². The Balaban J connectivity index is 1.70. The van der Waals surface area contributed by atoms with Gasteiger partial charge < -0.3 is 10.1 Å². The Labute approximate surface area is 116 Å². The van der Waals surface area contributed by atoms with Gasteiger partial charge in [0.2, 0.25) is 0 Å². The van der Waals surface area contributed by atoms with E-state index in [0.717, 1.165) is 36.1 Å². The number of rotatable bonds is 6. The predicted octanol–water partition coefficient (Wildman–Crippen LogP) is 3.16. The number of ether oxygens (including phenoxy) is 1. The van der Waals surface area contributed by atoms with Gasteiger partial charge in [-0.1, -0.05) is 0 Å². The summed E-state index contributed by atoms with van der Waals surface area (Å²) in [6, 6.07) is 0. The fourth-order valence-electron chi connectivity index (χ4n) is 2.52. The highest BCUT2D eigenvalue weighted by Gasteiger charge is 2.14. The number of nitrogens with one attached hydrogen (secondary N) is 1. The van der Waals surface area contributed by atoms with Crippen molar-refractivity contribution in [2.75, 3.05) is 18.5 Å². The van der Waals surface area contributed by atoms with Crippen LogP contribution in [0.1, 0.15) is 49.2 Å². The van der Waals surface area contributed by atoms with Crippen molar-refractivity contribution in [1.82, 2.24) is 9.97 Å². The minimum atomic E-state index is 0.519. The molecule has 2 heterocycles. The van der Waals surface area contributed by atoms with Gasteiger partial charge in [-0.15, -0.1) is 0 Å². The Hall–Kier alpha value is -1.16. The molecule has 0 unspecified atom stereocenters. The largest absolute Gasteiger partial charge is 0.378 e. The van der Waals surface area contributed by atoms with Gasteiger partial charge in [0, 0.05) is 24.4 Å². The first kappa shape index (κ1) is 14.3. The molecule has 0 aliphatic carbocycles. The van der Waals surface area contributed by atoms with Gasteiger partial charge in [-0.25, -0.2) is 9.97 Å². The van der Waals surface area contributed by atoms with Gasteiger partial charge in [0.1, 0.15) is 11.6 Å². The normalized spacial score (nSPS) is 18.8. The van der Waals surface area contributed by atoms with Crippen LogP contribution in [0.2, 0.25) is 0 Å². The molecule has 2 rings (SSSR count). The zero-order chi connectivity index (χ0) is 13.7. The van der Waals surface area contributed by atoms with Gasteiger partial charge in [-0.3, -0.25) is 0 Å².